The molecule has 0 amide bonds. The van der Waals surface area contributed by atoms with Crippen LogP contribution in [0.5, 0.6) is 17.8 Å². The van der Waals surface area contributed by atoms with Crippen LogP contribution in [0.4, 0.5) is 10.3 Å². The van der Waals surface area contributed by atoms with E-state index in [1.165, 1.54) is 25.3 Å². The van der Waals surface area contributed by atoms with Crippen molar-refractivity contribution < 1.29 is 13.9 Å². The van der Waals surface area contributed by atoms with Gasteiger partial charge in [-0.3, -0.25) is 0 Å². The first-order chi connectivity index (χ1) is 9.12. The summed E-state index contributed by atoms with van der Waals surface area (Å²) in [6.45, 7) is 0. The number of aromatic nitrogens is 3. The van der Waals surface area contributed by atoms with Gasteiger partial charge in [-0.1, -0.05) is 0 Å². The van der Waals surface area contributed by atoms with Gasteiger partial charge in [-0.2, -0.15) is 9.97 Å². The predicted octanol–water partition coefficient (Wildman–Crippen LogP) is 2.62. The summed E-state index contributed by atoms with van der Waals surface area (Å²) in [4.78, 5) is 11.8. The second-order valence-corrected chi connectivity index (χ2v) is 4.21. The van der Waals surface area contributed by atoms with E-state index in [0.29, 0.717) is 4.47 Å². The number of hydrogen-bond acceptors (Lipinski definition) is 6. The Kier molecular flexibility index (Phi) is 4.10. The van der Waals surface area contributed by atoms with Crippen LogP contribution in [0.15, 0.2) is 22.7 Å². The molecule has 1 heterocycles. The van der Waals surface area contributed by atoms with Crippen LogP contribution in [0, 0.1) is 5.82 Å². The molecule has 1 aromatic carbocycles. The minimum atomic E-state index is -0.423. The van der Waals surface area contributed by atoms with Crippen molar-refractivity contribution in [3.63, 3.8) is 0 Å². The lowest BCUT2D eigenvalue weighted by Crippen LogP contribution is -2.03. The molecule has 8 heteroatoms. The Labute approximate surface area is 117 Å². The van der Waals surface area contributed by atoms with E-state index in [1.807, 2.05) is 0 Å². The van der Waals surface area contributed by atoms with Crippen molar-refractivity contribution in [1.29, 1.82) is 0 Å². The molecule has 0 radical (unpaired) electrons. The molecule has 1 N–H and O–H groups in total. The van der Waals surface area contributed by atoms with Gasteiger partial charge in [0.25, 0.3) is 0 Å². The van der Waals surface area contributed by atoms with Gasteiger partial charge >= 0.3 is 12.0 Å². The summed E-state index contributed by atoms with van der Waals surface area (Å²) in [7, 11) is 3.08. The summed E-state index contributed by atoms with van der Waals surface area (Å²) in [6.07, 6.45) is 0. The third-order valence-corrected chi connectivity index (χ3v) is 2.75. The average molecular weight is 329 g/mol. The number of halogens is 2. The van der Waals surface area contributed by atoms with Crippen molar-refractivity contribution >= 4 is 21.9 Å². The zero-order valence-corrected chi connectivity index (χ0v) is 11.7. The van der Waals surface area contributed by atoms with E-state index in [0.717, 1.165) is 0 Å². The van der Waals surface area contributed by atoms with Crippen molar-refractivity contribution in [1.82, 2.24) is 15.0 Å². The van der Waals surface area contributed by atoms with Crippen LogP contribution < -0.4 is 14.8 Å². The maximum absolute atomic E-state index is 13.1. The maximum Gasteiger partial charge on any atom is 0.330 e. The van der Waals surface area contributed by atoms with Crippen molar-refractivity contribution in [2.75, 3.05) is 19.5 Å². The normalized spacial score (nSPS) is 10.1. The predicted molar refractivity (Wildman–Crippen MR) is 70.1 cm³/mol. The molecule has 0 aliphatic heterocycles. The molecular weight excluding hydrogens is 319 g/mol. The van der Waals surface area contributed by atoms with Gasteiger partial charge in [0.1, 0.15) is 11.6 Å². The van der Waals surface area contributed by atoms with Gasteiger partial charge in [0, 0.05) is 13.1 Å². The summed E-state index contributed by atoms with van der Waals surface area (Å²) in [6, 6.07) is 4.16. The van der Waals surface area contributed by atoms with Crippen molar-refractivity contribution in [2.24, 2.45) is 0 Å². The number of anilines is 1. The molecule has 6 nitrogen and oxygen atoms in total. The minimum Gasteiger partial charge on any atom is -0.467 e. The summed E-state index contributed by atoms with van der Waals surface area (Å²) in [5, 5.41) is 2.75. The van der Waals surface area contributed by atoms with Crippen molar-refractivity contribution in [3.8, 4) is 17.8 Å². The summed E-state index contributed by atoms with van der Waals surface area (Å²) in [5.41, 5.74) is 0. The molecule has 19 heavy (non-hydrogen) atoms. The molecule has 0 unspecified atom stereocenters. The highest BCUT2D eigenvalue weighted by molar-refractivity contribution is 9.10. The number of benzene rings is 1. The lowest BCUT2D eigenvalue weighted by atomic mass is 10.3. The molecule has 0 saturated carbocycles. The second-order valence-electron chi connectivity index (χ2n) is 3.36. The smallest absolute Gasteiger partial charge is 0.330 e. The summed E-state index contributed by atoms with van der Waals surface area (Å²) in [5.74, 6) is 0.123. The van der Waals surface area contributed by atoms with Crippen LogP contribution in [-0.4, -0.2) is 29.1 Å². The Morgan fingerprint density at radius 2 is 1.95 bits per heavy atom. The van der Waals surface area contributed by atoms with E-state index >= 15 is 0 Å². The molecule has 1 aromatic heterocycles. The third kappa shape index (κ3) is 3.28. The molecule has 0 aliphatic carbocycles. The fourth-order valence-electron chi connectivity index (χ4n) is 1.24. The van der Waals surface area contributed by atoms with Crippen molar-refractivity contribution in [3.05, 3.63) is 28.5 Å². The highest BCUT2D eigenvalue weighted by Gasteiger charge is 2.10. The number of rotatable bonds is 4. The van der Waals surface area contributed by atoms with Gasteiger partial charge in [-0.05, 0) is 28.1 Å². The zero-order valence-electron chi connectivity index (χ0n) is 10.1. The Morgan fingerprint density at radius 3 is 2.63 bits per heavy atom. The fourth-order valence-corrected chi connectivity index (χ4v) is 1.57. The van der Waals surface area contributed by atoms with Crippen LogP contribution in [0.2, 0.25) is 0 Å². The van der Waals surface area contributed by atoms with Crippen molar-refractivity contribution in [2.45, 2.75) is 0 Å². The minimum absolute atomic E-state index is 0.00231. The molecule has 2 rings (SSSR count). The molecule has 0 atom stereocenters. The van der Waals surface area contributed by atoms with E-state index in [9.17, 15) is 4.39 Å². The van der Waals surface area contributed by atoms with Crippen LogP contribution in [0.25, 0.3) is 0 Å². The number of nitrogens with one attached hydrogen (secondary N) is 1. The van der Waals surface area contributed by atoms with E-state index in [4.69, 9.17) is 9.47 Å². The fraction of sp³-hybridized carbons (Fsp3) is 0.182. The monoisotopic (exact) mass is 328 g/mol. The topological polar surface area (TPSA) is 69.2 Å². The number of ether oxygens (including phenoxy) is 2. The molecule has 0 fully saturated rings. The molecule has 0 saturated heterocycles. The molecule has 0 bridgehead atoms. The standard InChI is InChI=1S/C11H10BrFN4O2/c1-14-9-15-10(18-2)17-11(16-9)19-8-5-6(13)3-4-7(8)12/h3-5H,1-2H3,(H,14,15,16,17). The van der Waals surface area contributed by atoms with Gasteiger partial charge < -0.3 is 14.8 Å². The highest BCUT2D eigenvalue weighted by atomic mass is 79.9. The summed E-state index contributed by atoms with van der Waals surface area (Å²) >= 11 is 3.25. The van der Waals surface area contributed by atoms with E-state index in [1.54, 1.807) is 7.05 Å². The Bertz CT molecular complexity index is 575. The average Bonchev–Trinajstić information content (AvgIpc) is 2.42. The van der Waals surface area contributed by atoms with Crippen LogP contribution in [0.1, 0.15) is 0 Å². The van der Waals surface area contributed by atoms with E-state index < -0.39 is 5.82 Å². The van der Waals surface area contributed by atoms with Gasteiger partial charge in [0.15, 0.2) is 0 Å². The number of methoxy groups -OCH3 is 1. The van der Waals surface area contributed by atoms with E-state index in [2.05, 4.69) is 36.2 Å². The molecular formula is C11H10BrFN4O2. The van der Waals surface area contributed by atoms with E-state index in [-0.39, 0.29) is 23.7 Å². The number of nitrogens with zero attached hydrogens (tertiary/aromatic N) is 3. The zero-order chi connectivity index (χ0) is 13.8. The van der Waals surface area contributed by atoms with Crippen LogP contribution >= 0.6 is 15.9 Å². The number of hydrogen-bond donors (Lipinski definition) is 1. The Hall–Kier alpha value is -1.96. The largest absolute Gasteiger partial charge is 0.467 e. The first kappa shape index (κ1) is 13.5. The van der Waals surface area contributed by atoms with Gasteiger partial charge in [0.05, 0.1) is 11.6 Å². The quantitative estimate of drug-likeness (QED) is 0.930. The van der Waals surface area contributed by atoms with Crippen LogP contribution in [-0.2, 0) is 0 Å². The summed E-state index contributed by atoms with van der Waals surface area (Å²) < 4.78 is 24.1. The van der Waals surface area contributed by atoms with Gasteiger partial charge in [0.2, 0.25) is 5.95 Å². The SMILES string of the molecule is CNc1nc(OC)nc(Oc2cc(F)ccc2Br)n1. The third-order valence-electron chi connectivity index (χ3n) is 2.10. The molecule has 100 valence electrons. The molecule has 0 aliphatic rings. The lowest BCUT2D eigenvalue weighted by molar-refractivity contribution is 0.359. The Balaban J connectivity index is 2.34. The van der Waals surface area contributed by atoms with Crippen LogP contribution in [0.3, 0.4) is 0 Å². The second kappa shape index (κ2) is 5.79. The Morgan fingerprint density at radius 1 is 1.21 bits per heavy atom. The molecule has 0 spiro atoms. The van der Waals surface area contributed by atoms with Gasteiger partial charge in [-0.25, -0.2) is 4.39 Å². The first-order valence-corrected chi connectivity index (χ1v) is 6.02. The van der Waals surface area contributed by atoms with Gasteiger partial charge in [-0.15, -0.1) is 4.98 Å². The lowest BCUT2D eigenvalue weighted by Gasteiger charge is -2.08. The first-order valence-electron chi connectivity index (χ1n) is 5.23. The maximum atomic E-state index is 13.1. The molecule has 2 aromatic rings. The highest BCUT2D eigenvalue weighted by Crippen LogP contribution is 2.29.